The summed E-state index contributed by atoms with van der Waals surface area (Å²) in [6.07, 6.45) is 0. The first-order valence-corrected chi connectivity index (χ1v) is 12.5. The van der Waals surface area contributed by atoms with E-state index in [0.717, 1.165) is 6.07 Å². The number of hydrogen-bond donors (Lipinski definition) is 4. The third-order valence-electron chi connectivity index (χ3n) is 4.81. The molecule has 1 aliphatic heterocycles. The summed E-state index contributed by atoms with van der Waals surface area (Å²) in [6, 6.07) is 7.24. The number of H-pyrrole nitrogens is 1. The van der Waals surface area contributed by atoms with Gasteiger partial charge in [0.25, 0.3) is 0 Å². The van der Waals surface area contributed by atoms with Crippen LogP contribution >= 0.6 is 0 Å². The van der Waals surface area contributed by atoms with Crippen LogP contribution in [-0.4, -0.2) is 62.7 Å². The maximum atomic E-state index is 12.8. The second kappa shape index (κ2) is 8.11. The second-order valence-corrected chi connectivity index (χ2v) is 10.5. The van der Waals surface area contributed by atoms with Gasteiger partial charge in [0.2, 0.25) is 15.8 Å². The van der Waals surface area contributed by atoms with E-state index in [1.54, 1.807) is 18.2 Å². The summed E-state index contributed by atoms with van der Waals surface area (Å²) in [7, 11) is -8.76. The highest BCUT2D eigenvalue weighted by Gasteiger charge is 2.32. The van der Waals surface area contributed by atoms with Gasteiger partial charge in [-0.25, -0.2) is 36.7 Å². The number of aliphatic imine (C=N–C) groups is 1. The van der Waals surface area contributed by atoms with E-state index in [1.165, 1.54) is 6.07 Å². The average Bonchev–Trinajstić information content (AvgIpc) is 3.41. The molecular weight excluding hydrogens is 474 g/mol. The van der Waals surface area contributed by atoms with E-state index in [0.29, 0.717) is 11.1 Å². The van der Waals surface area contributed by atoms with Gasteiger partial charge >= 0.3 is 5.97 Å². The van der Waals surface area contributed by atoms with Gasteiger partial charge in [-0.05, 0) is 17.7 Å². The number of rotatable bonds is 7. The van der Waals surface area contributed by atoms with Crippen LogP contribution in [0.4, 0.5) is 0 Å². The highest BCUT2D eigenvalue weighted by molar-refractivity contribution is 7.93. The molecule has 6 N–H and O–H groups in total. The molecule has 13 nitrogen and oxygen atoms in total. The number of sulfone groups is 1. The molecule has 15 heteroatoms. The summed E-state index contributed by atoms with van der Waals surface area (Å²) in [5.74, 6) is -2.27. The SMILES string of the molecule is NCCS(=O)(=O)c1ccc(-c2cccc3[nH]c(C(=O)O)nc23)c(C2=NCN=N2)c1S(N)(=O)=O. The molecular formula is C18H17N7O6S2. The Morgan fingerprint density at radius 2 is 1.88 bits per heavy atom. The minimum atomic E-state index is -4.62. The minimum Gasteiger partial charge on any atom is -0.475 e. The van der Waals surface area contributed by atoms with Crippen LogP contribution in [0.5, 0.6) is 0 Å². The van der Waals surface area contributed by atoms with Gasteiger partial charge in [0.05, 0.1) is 27.2 Å². The van der Waals surface area contributed by atoms with Crippen LogP contribution in [0.1, 0.15) is 16.2 Å². The summed E-state index contributed by atoms with van der Waals surface area (Å²) >= 11 is 0. The van der Waals surface area contributed by atoms with Gasteiger partial charge in [-0.3, -0.25) is 0 Å². The Bertz CT molecular complexity index is 1570. The molecule has 0 bridgehead atoms. The van der Waals surface area contributed by atoms with Gasteiger partial charge in [-0.15, -0.1) is 5.11 Å². The number of aromatic carboxylic acids is 1. The number of nitrogens with one attached hydrogen (secondary N) is 1. The number of azo groups is 1. The number of carboxylic acid groups (broad SMARTS) is 1. The normalized spacial score (nSPS) is 14.1. The van der Waals surface area contributed by atoms with Crippen molar-refractivity contribution >= 4 is 42.7 Å². The van der Waals surface area contributed by atoms with Crippen molar-refractivity contribution in [2.75, 3.05) is 19.0 Å². The van der Waals surface area contributed by atoms with Crippen molar-refractivity contribution < 1.29 is 26.7 Å². The highest BCUT2D eigenvalue weighted by Crippen LogP contribution is 2.37. The van der Waals surface area contributed by atoms with Crippen LogP contribution in [-0.2, 0) is 19.9 Å². The maximum Gasteiger partial charge on any atom is 0.371 e. The van der Waals surface area contributed by atoms with Crippen LogP contribution in [0, 0.1) is 0 Å². The number of carboxylic acids is 1. The molecule has 0 saturated carbocycles. The predicted molar refractivity (Wildman–Crippen MR) is 117 cm³/mol. The molecule has 0 radical (unpaired) electrons. The molecule has 0 atom stereocenters. The number of nitrogens with zero attached hydrogens (tertiary/aromatic N) is 4. The van der Waals surface area contributed by atoms with Crippen molar-refractivity contribution in [2.24, 2.45) is 26.1 Å². The molecule has 3 aromatic rings. The fraction of sp³-hybridized carbons (Fsp3) is 0.167. The first-order valence-electron chi connectivity index (χ1n) is 9.32. The van der Waals surface area contributed by atoms with Gasteiger partial charge in [0, 0.05) is 12.1 Å². The number of nitrogens with two attached hydrogens (primary N) is 2. The molecule has 4 rings (SSSR count). The molecule has 0 unspecified atom stereocenters. The molecule has 172 valence electrons. The Labute approximate surface area is 187 Å². The Hall–Kier alpha value is -3.53. The fourth-order valence-corrected chi connectivity index (χ4v) is 6.26. The molecule has 0 aliphatic carbocycles. The standard InChI is InChI=1S/C18H17N7O6S2/c19-6-7-32(28,29)12-5-4-9(13(15(12)33(20,30)31)16-21-8-22-25-16)10-2-1-3-11-14(10)24-17(23-11)18(26)27/h1-5H,6-8,19H2,(H,23,24)(H,26,27)(H2,20,30,31). The number of hydrogen-bond acceptors (Lipinski definition) is 10. The molecule has 33 heavy (non-hydrogen) atoms. The number of carbonyl (C=O) groups is 1. The monoisotopic (exact) mass is 491 g/mol. The number of aromatic amines is 1. The molecule has 0 fully saturated rings. The molecule has 1 aromatic heterocycles. The third kappa shape index (κ3) is 4.02. The Morgan fingerprint density at radius 1 is 1.12 bits per heavy atom. The summed E-state index contributed by atoms with van der Waals surface area (Å²) in [6.45, 7) is -0.330. The van der Waals surface area contributed by atoms with E-state index >= 15 is 0 Å². The molecule has 0 saturated heterocycles. The van der Waals surface area contributed by atoms with E-state index in [4.69, 9.17) is 10.9 Å². The second-order valence-electron chi connectivity index (χ2n) is 6.92. The Kier molecular flexibility index (Phi) is 5.57. The number of primary sulfonamides is 1. The van der Waals surface area contributed by atoms with Gasteiger partial charge < -0.3 is 15.8 Å². The van der Waals surface area contributed by atoms with Gasteiger partial charge in [-0.2, -0.15) is 5.11 Å². The van der Waals surface area contributed by atoms with E-state index in [9.17, 15) is 26.7 Å². The number of amidine groups is 1. The van der Waals surface area contributed by atoms with Crippen molar-refractivity contribution in [3.63, 3.8) is 0 Å². The third-order valence-corrected chi connectivity index (χ3v) is 7.71. The summed E-state index contributed by atoms with van der Waals surface area (Å²) in [5.41, 5.74) is 6.29. The van der Waals surface area contributed by atoms with Crippen molar-refractivity contribution in [3.05, 3.63) is 41.7 Å². The quantitative estimate of drug-likeness (QED) is 0.362. The van der Waals surface area contributed by atoms with Crippen molar-refractivity contribution in [1.29, 1.82) is 0 Å². The largest absolute Gasteiger partial charge is 0.475 e. The van der Waals surface area contributed by atoms with Gasteiger partial charge in [-0.1, -0.05) is 18.2 Å². The zero-order chi connectivity index (χ0) is 24.0. The maximum absolute atomic E-state index is 12.8. The average molecular weight is 492 g/mol. The van der Waals surface area contributed by atoms with E-state index in [-0.39, 0.29) is 41.5 Å². The predicted octanol–water partition coefficient (Wildman–Crippen LogP) is 0.478. The molecule has 0 amide bonds. The summed E-state index contributed by atoms with van der Waals surface area (Å²) in [5, 5.41) is 22.4. The zero-order valence-electron chi connectivity index (χ0n) is 16.8. The highest BCUT2D eigenvalue weighted by atomic mass is 32.2. The molecule has 2 heterocycles. The van der Waals surface area contributed by atoms with Crippen molar-refractivity contribution in [1.82, 2.24) is 9.97 Å². The van der Waals surface area contributed by atoms with Crippen LogP contribution in [0.2, 0.25) is 0 Å². The van der Waals surface area contributed by atoms with Gasteiger partial charge in [0.15, 0.2) is 22.3 Å². The van der Waals surface area contributed by atoms with Crippen LogP contribution in [0.25, 0.3) is 22.2 Å². The smallest absolute Gasteiger partial charge is 0.371 e. The first kappa shape index (κ1) is 22.7. The lowest BCUT2D eigenvalue weighted by atomic mass is 9.97. The van der Waals surface area contributed by atoms with Crippen LogP contribution in [0.15, 0.2) is 55.3 Å². The van der Waals surface area contributed by atoms with Crippen LogP contribution < -0.4 is 10.9 Å². The number of fused-ring (bicyclic) bond motifs is 1. The number of imidazole rings is 1. The lowest BCUT2D eigenvalue weighted by Crippen LogP contribution is -2.24. The number of benzene rings is 2. The molecule has 1 aliphatic rings. The lowest BCUT2D eigenvalue weighted by molar-refractivity contribution is 0.0685. The zero-order valence-corrected chi connectivity index (χ0v) is 18.4. The van der Waals surface area contributed by atoms with Gasteiger partial charge in [0.1, 0.15) is 4.90 Å². The van der Waals surface area contributed by atoms with E-state index in [2.05, 4.69) is 25.2 Å². The number of aromatic nitrogens is 2. The van der Waals surface area contributed by atoms with E-state index < -0.39 is 41.4 Å². The Morgan fingerprint density at radius 3 is 2.48 bits per heavy atom. The summed E-state index contributed by atoms with van der Waals surface area (Å²) < 4.78 is 51.0. The molecule has 2 aromatic carbocycles. The Balaban J connectivity index is 2.15. The summed E-state index contributed by atoms with van der Waals surface area (Å²) in [4.78, 5) is 21.0. The fourth-order valence-electron chi connectivity index (χ4n) is 3.51. The lowest BCUT2D eigenvalue weighted by Gasteiger charge is -2.17. The topological polar surface area (TPSA) is 223 Å². The molecule has 0 spiro atoms. The van der Waals surface area contributed by atoms with Crippen molar-refractivity contribution in [2.45, 2.75) is 9.79 Å². The number of sulfonamides is 1. The number of para-hydroxylation sites is 1. The minimum absolute atomic E-state index is 0.0889. The van der Waals surface area contributed by atoms with Crippen molar-refractivity contribution in [3.8, 4) is 11.1 Å². The van der Waals surface area contributed by atoms with E-state index in [1.807, 2.05) is 0 Å². The van der Waals surface area contributed by atoms with Crippen LogP contribution in [0.3, 0.4) is 0 Å². The first-order chi connectivity index (χ1) is 15.5.